The summed E-state index contributed by atoms with van der Waals surface area (Å²) in [5.74, 6) is 5.88. The van der Waals surface area contributed by atoms with E-state index in [2.05, 4.69) is 27.1 Å². The average Bonchev–Trinajstić information content (AvgIpc) is 3.52. The highest BCUT2D eigenvalue weighted by Crippen LogP contribution is 2.42. The van der Waals surface area contributed by atoms with E-state index in [0.29, 0.717) is 41.0 Å². The van der Waals surface area contributed by atoms with E-state index in [1.807, 2.05) is 0 Å². The van der Waals surface area contributed by atoms with Crippen molar-refractivity contribution < 1.29 is 13.2 Å². The molecule has 2 heterocycles. The number of nitrogens with one attached hydrogen (secondary N) is 1. The van der Waals surface area contributed by atoms with Crippen LogP contribution in [0.2, 0.25) is 0 Å². The maximum absolute atomic E-state index is 13.4. The number of fused-ring (bicyclic) bond motifs is 1. The summed E-state index contributed by atoms with van der Waals surface area (Å²) in [5.41, 5.74) is -0.963. The normalized spacial score (nSPS) is 15.6. The first-order valence-corrected chi connectivity index (χ1v) is 9.88. The summed E-state index contributed by atoms with van der Waals surface area (Å²) in [6.07, 6.45) is 9.80. The summed E-state index contributed by atoms with van der Waals surface area (Å²) in [7, 11) is 0. The predicted octanol–water partition coefficient (Wildman–Crippen LogP) is 4.34. The molecule has 0 aliphatic heterocycles. The maximum atomic E-state index is 13.4. The second-order valence-corrected chi connectivity index (χ2v) is 7.84. The minimum absolute atomic E-state index is 0.0340. The topological polar surface area (TPSA) is 59.8 Å². The van der Waals surface area contributed by atoms with Crippen molar-refractivity contribution in [3.8, 4) is 24.7 Å². The number of aryl methyl sites for hydroxylation is 1. The molecule has 32 heavy (non-hydrogen) atoms. The molecule has 0 bridgehead atoms. The fourth-order valence-corrected chi connectivity index (χ4v) is 3.86. The van der Waals surface area contributed by atoms with Crippen molar-refractivity contribution in [3.05, 3.63) is 63.3 Å². The lowest BCUT2D eigenvalue weighted by Crippen LogP contribution is -2.28. The van der Waals surface area contributed by atoms with Gasteiger partial charge in [0.05, 0.1) is 16.5 Å². The molecular formula is C24H19F3N4O. The van der Waals surface area contributed by atoms with Gasteiger partial charge in [-0.05, 0) is 43.9 Å². The first-order valence-electron chi connectivity index (χ1n) is 9.88. The smallest absolute Gasteiger partial charge is 0.352 e. The van der Waals surface area contributed by atoms with Gasteiger partial charge in [-0.3, -0.25) is 9.36 Å². The van der Waals surface area contributed by atoms with Crippen LogP contribution >= 0.6 is 0 Å². The maximum Gasteiger partial charge on any atom is 0.416 e. The van der Waals surface area contributed by atoms with Crippen molar-refractivity contribution >= 4 is 16.7 Å². The number of alkyl halides is 3. The second-order valence-electron chi connectivity index (χ2n) is 7.84. The molecule has 0 radical (unpaired) electrons. The van der Waals surface area contributed by atoms with Crippen LogP contribution in [-0.4, -0.2) is 14.5 Å². The van der Waals surface area contributed by atoms with E-state index < -0.39 is 23.3 Å². The molecule has 0 saturated heterocycles. The fraction of sp³-hybridized carbons (Fsp3) is 0.292. The van der Waals surface area contributed by atoms with Crippen LogP contribution in [0.1, 0.15) is 41.4 Å². The molecule has 0 spiro atoms. The molecule has 162 valence electrons. The van der Waals surface area contributed by atoms with E-state index in [0.717, 1.165) is 6.07 Å². The summed E-state index contributed by atoms with van der Waals surface area (Å²) < 4.78 is 41.6. The third kappa shape index (κ3) is 3.58. The number of hydrogen-bond donors (Lipinski definition) is 1. The zero-order valence-corrected chi connectivity index (χ0v) is 17.4. The first-order chi connectivity index (χ1) is 15.1. The van der Waals surface area contributed by atoms with Gasteiger partial charge in [0.1, 0.15) is 23.2 Å². The molecule has 3 aromatic rings. The third-order valence-corrected chi connectivity index (χ3v) is 5.74. The van der Waals surface area contributed by atoms with Gasteiger partial charge in [-0.2, -0.15) is 13.2 Å². The van der Waals surface area contributed by atoms with Crippen molar-refractivity contribution in [2.24, 2.45) is 0 Å². The molecule has 8 heteroatoms. The molecule has 0 amide bonds. The Morgan fingerprint density at radius 2 is 1.94 bits per heavy atom. The molecule has 4 rings (SSSR count). The Balaban J connectivity index is 1.84. The number of hydrogen-bond acceptors (Lipinski definition) is 4. The van der Waals surface area contributed by atoms with Gasteiger partial charge in [0.2, 0.25) is 0 Å². The number of anilines is 1. The van der Waals surface area contributed by atoms with Crippen LogP contribution in [0, 0.1) is 38.5 Å². The number of pyridine rings is 1. The number of nitrogens with zero attached hydrogens (tertiary/aromatic N) is 3. The van der Waals surface area contributed by atoms with E-state index in [-0.39, 0.29) is 11.1 Å². The molecule has 5 nitrogen and oxygen atoms in total. The van der Waals surface area contributed by atoms with Crippen molar-refractivity contribution in [3.63, 3.8) is 0 Å². The van der Waals surface area contributed by atoms with Crippen LogP contribution in [0.4, 0.5) is 19.0 Å². The van der Waals surface area contributed by atoms with Crippen LogP contribution in [0.5, 0.6) is 0 Å². The van der Waals surface area contributed by atoms with E-state index in [1.165, 1.54) is 23.6 Å². The van der Waals surface area contributed by atoms with Crippen LogP contribution in [0.3, 0.4) is 0 Å². The lowest BCUT2D eigenvalue weighted by Gasteiger charge is -2.21. The molecule has 1 fully saturated rings. The van der Waals surface area contributed by atoms with Gasteiger partial charge >= 0.3 is 6.18 Å². The van der Waals surface area contributed by atoms with Crippen LogP contribution in [0.15, 0.2) is 35.3 Å². The molecule has 1 aliphatic rings. The Bertz CT molecular complexity index is 1370. The van der Waals surface area contributed by atoms with Crippen LogP contribution in [0.25, 0.3) is 10.9 Å². The Morgan fingerprint density at radius 1 is 1.22 bits per heavy atom. The zero-order valence-electron chi connectivity index (χ0n) is 17.4. The number of rotatable bonds is 4. The van der Waals surface area contributed by atoms with E-state index in [4.69, 9.17) is 12.8 Å². The minimum Gasteiger partial charge on any atom is -0.352 e. The Labute approximate surface area is 182 Å². The Morgan fingerprint density at radius 3 is 2.53 bits per heavy atom. The third-order valence-electron chi connectivity index (χ3n) is 5.74. The monoisotopic (exact) mass is 436 g/mol. The average molecular weight is 436 g/mol. The van der Waals surface area contributed by atoms with Crippen molar-refractivity contribution in [1.29, 1.82) is 0 Å². The molecule has 1 aliphatic carbocycles. The predicted molar refractivity (Wildman–Crippen MR) is 116 cm³/mol. The molecule has 1 N–H and O–H groups in total. The summed E-state index contributed by atoms with van der Waals surface area (Å²) in [5, 5.41) is 3.56. The van der Waals surface area contributed by atoms with E-state index in [9.17, 15) is 18.0 Å². The van der Waals surface area contributed by atoms with Crippen molar-refractivity contribution in [1.82, 2.24) is 14.5 Å². The lowest BCUT2D eigenvalue weighted by molar-refractivity contribution is -0.138. The van der Waals surface area contributed by atoms with Gasteiger partial charge in [0, 0.05) is 12.3 Å². The van der Waals surface area contributed by atoms with E-state index >= 15 is 0 Å². The molecule has 1 atom stereocenters. The van der Waals surface area contributed by atoms with Gasteiger partial charge in [0.15, 0.2) is 0 Å². The van der Waals surface area contributed by atoms with Gasteiger partial charge in [0.25, 0.3) is 5.56 Å². The Hall–Kier alpha value is -3.78. The molecule has 2 aromatic heterocycles. The minimum atomic E-state index is -4.50. The fourth-order valence-electron chi connectivity index (χ4n) is 3.86. The first kappa shape index (κ1) is 21.5. The second kappa shape index (κ2) is 7.42. The summed E-state index contributed by atoms with van der Waals surface area (Å²) in [6, 6.07) is 4.38. The Kier molecular flexibility index (Phi) is 4.97. The van der Waals surface area contributed by atoms with Crippen LogP contribution < -0.4 is 10.9 Å². The van der Waals surface area contributed by atoms with Gasteiger partial charge < -0.3 is 5.32 Å². The largest absolute Gasteiger partial charge is 0.416 e. The van der Waals surface area contributed by atoms with Gasteiger partial charge in [-0.25, -0.2) is 9.97 Å². The molecule has 0 unspecified atom stereocenters. The number of benzene rings is 1. The summed E-state index contributed by atoms with van der Waals surface area (Å²) in [4.78, 5) is 21.4. The number of terminal acetylenes is 2. The highest BCUT2D eigenvalue weighted by Gasteiger charge is 2.43. The summed E-state index contributed by atoms with van der Waals surface area (Å²) >= 11 is 0. The molecule has 1 aromatic carbocycles. The number of aromatic nitrogens is 3. The van der Waals surface area contributed by atoms with E-state index in [1.54, 1.807) is 19.2 Å². The van der Waals surface area contributed by atoms with Crippen molar-refractivity contribution in [2.45, 2.75) is 44.4 Å². The SMILES string of the molecule is C#C[C@@H](Nc1nc(C)nc2cc(=O)n(C3(C#C)CC3)cc12)c1cccc(C(F)(F)F)c1C. The lowest BCUT2D eigenvalue weighted by atomic mass is 9.96. The number of halogens is 3. The highest BCUT2D eigenvalue weighted by molar-refractivity contribution is 5.88. The summed E-state index contributed by atoms with van der Waals surface area (Å²) in [6.45, 7) is 3.04. The van der Waals surface area contributed by atoms with Gasteiger partial charge in [-0.1, -0.05) is 24.0 Å². The molecule has 1 saturated carbocycles. The standard InChI is InChI=1S/C24H19F3N4O/c1-5-19(16-8-7-9-18(14(16)3)24(25,26)27)30-22-17-13-31(23(6-2)10-11-23)21(32)12-20(17)28-15(4)29-22/h1-2,7-9,12-13,19H,10-11H2,3-4H3,(H,28,29,30)/t19-/m1/s1. The van der Waals surface area contributed by atoms with Gasteiger partial charge in [-0.15, -0.1) is 12.8 Å². The molecular weight excluding hydrogens is 417 g/mol. The highest BCUT2D eigenvalue weighted by atomic mass is 19.4. The van der Waals surface area contributed by atoms with Crippen LogP contribution in [-0.2, 0) is 11.7 Å². The zero-order chi connectivity index (χ0) is 23.3. The van der Waals surface area contributed by atoms with Crippen molar-refractivity contribution in [2.75, 3.05) is 5.32 Å². The quantitative estimate of drug-likeness (QED) is 0.619.